The first kappa shape index (κ1) is 15.9. The average molecular weight is 339 g/mol. The van der Waals surface area contributed by atoms with Crippen molar-refractivity contribution in [3.05, 3.63) is 42.0 Å². The average Bonchev–Trinajstić information content (AvgIpc) is 2.65. The molecule has 6 nitrogen and oxygen atoms in total. The second kappa shape index (κ2) is 6.04. The van der Waals surface area contributed by atoms with Crippen molar-refractivity contribution in [3.8, 4) is 5.75 Å². The number of piperidine rings is 1. The predicted octanol–water partition coefficient (Wildman–Crippen LogP) is 1.24. The Bertz CT molecular complexity index is 841. The molecule has 3 N–H and O–H groups in total. The second-order valence-corrected chi connectivity index (χ2v) is 6.74. The summed E-state index contributed by atoms with van der Waals surface area (Å²) in [5.74, 6) is -0.134. The Labute approximate surface area is 145 Å². The first-order chi connectivity index (χ1) is 12.1. The Morgan fingerprint density at radius 1 is 1.08 bits per heavy atom. The Morgan fingerprint density at radius 2 is 1.84 bits per heavy atom. The number of nitrogens with one attached hydrogen (secondary N) is 2. The molecule has 4 rings (SSSR count). The molecule has 2 amide bonds. The summed E-state index contributed by atoms with van der Waals surface area (Å²) in [6.07, 6.45) is 1.16. The van der Waals surface area contributed by atoms with E-state index in [1.165, 1.54) is 0 Å². The SMILES string of the molecule is O=C(c1ccc2ccccc2c1O)N1CCC2(CC1)NCCNC2=O. The fourth-order valence-electron chi connectivity index (χ4n) is 3.82. The largest absolute Gasteiger partial charge is 0.506 e. The zero-order chi connectivity index (χ0) is 17.4. The van der Waals surface area contributed by atoms with Crippen LogP contribution in [0.25, 0.3) is 10.8 Å². The van der Waals surface area contributed by atoms with Crippen LogP contribution in [0.3, 0.4) is 0 Å². The zero-order valence-corrected chi connectivity index (χ0v) is 13.9. The zero-order valence-electron chi connectivity index (χ0n) is 13.9. The minimum atomic E-state index is -0.555. The normalized spacial score (nSPS) is 19.8. The van der Waals surface area contributed by atoms with Gasteiger partial charge in [0.15, 0.2) is 0 Å². The molecule has 0 saturated carbocycles. The summed E-state index contributed by atoms with van der Waals surface area (Å²) >= 11 is 0. The Kier molecular flexibility index (Phi) is 3.84. The highest BCUT2D eigenvalue weighted by Gasteiger charge is 2.43. The molecule has 0 radical (unpaired) electrons. The van der Waals surface area contributed by atoms with E-state index in [0.717, 1.165) is 11.9 Å². The van der Waals surface area contributed by atoms with Gasteiger partial charge in [0.25, 0.3) is 5.91 Å². The Hall–Kier alpha value is -2.60. The quantitative estimate of drug-likeness (QED) is 0.730. The lowest BCUT2D eigenvalue weighted by atomic mass is 9.85. The van der Waals surface area contributed by atoms with Gasteiger partial charge in [-0.05, 0) is 24.3 Å². The van der Waals surface area contributed by atoms with Crippen LogP contribution in [0.5, 0.6) is 5.75 Å². The number of amides is 2. The van der Waals surface area contributed by atoms with Gasteiger partial charge in [-0.3, -0.25) is 9.59 Å². The van der Waals surface area contributed by atoms with E-state index >= 15 is 0 Å². The highest BCUT2D eigenvalue weighted by Crippen LogP contribution is 2.31. The first-order valence-electron chi connectivity index (χ1n) is 8.64. The van der Waals surface area contributed by atoms with Crippen LogP contribution in [0, 0.1) is 0 Å². The molecule has 0 aromatic heterocycles. The molecule has 0 atom stereocenters. The number of hydrogen-bond donors (Lipinski definition) is 3. The molecule has 1 spiro atoms. The van der Waals surface area contributed by atoms with Crippen molar-refractivity contribution in [1.29, 1.82) is 0 Å². The van der Waals surface area contributed by atoms with E-state index in [1.54, 1.807) is 11.0 Å². The number of benzene rings is 2. The van der Waals surface area contributed by atoms with Crippen LogP contribution in [0.2, 0.25) is 0 Å². The fraction of sp³-hybridized carbons (Fsp3) is 0.368. The molecule has 0 bridgehead atoms. The van der Waals surface area contributed by atoms with E-state index in [-0.39, 0.29) is 17.6 Å². The van der Waals surface area contributed by atoms with Crippen LogP contribution >= 0.6 is 0 Å². The number of likely N-dealkylation sites (tertiary alicyclic amines) is 1. The molecule has 2 fully saturated rings. The van der Waals surface area contributed by atoms with Gasteiger partial charge < -0.3 is 20.6 Å². The van der Waals surface area contributed by atoms with Gasteiger partial charge in [0.1, 0.15) is 11.3 Å². The molecule has 0 aliphatic carbocycles. The number of hydrogen-bond acceptors (Lipinski definition) is 4. The van der Waals surface area contributed by atoms with Crippen LogP contribution in [-0.4, -0.2) is 53.5 Å². The van der Waals surface area contributed by atoms with Gasteiger partial charge in [0, 0.05) is 31.6 Å². The molecule has 2 heterocycles. The summed E-state index contributed by atoms with van der Waals surface area (Å²) < 4.78 is 0. The van der Waals surface area contributed by atoms with Crippen LogP contribution in [0.4, 0.5) is 0 Å². The highest BCUT2D eigenvalue weighted by atomic mass is 16.3. The van der Waals surface area contributed by atoms with Crippen LogP contribution < -0.4 is 10.6 Å². The van der Waals surface area contributed by atoms with E-state index < -0.39 is 5.54 Å². The van der Waals surface area contributed by atoms with Gasteiger partial charge in [0.05, 0.1) is 5.56 Å². The summed E-state index contributed by atoms with van der Waals surface area (Å²) in [6, 6.07) is 11.0. The number of carbonyl (C=O) groups excluding carboxylic acids is 2. The number of phenolic OH excluding ortho intramolecular Hbond substituents is 1. The molecule has 2 aliphatic rings. The van der Waals surface area contributed by atoms with Crippen LogP contribution in [0.15, 0.2) is 36.4 Å². The van der Waals surface area contributed by atoms with Crippen molar-refractivity contribution in [3.63, 3.8) is 0 Å². The minimum Gasteiger partial charge on any atom is -0.506 e. The molecular weight excluding hydrogens is 318 g/mol. The van der Waals surface area contributed by atoms with Crippen molar-refractivity contribution in [2.75, 3.05) is 26.2 Å². The second-order valence-electron chi connectivity index (χ2n) is 6.74. The van der Waals surface area contributed by atoms with Crippen molar-refractivity contribution >= 4 is 22.6 Å². The number of piperazine rings is 1. The van der Waals surface area contributed by atoms with Crippen LogP contribution in [-0.2, 0) is 4.79 Å². The Balaban J connectivity index is 1.55. The highest BCUT2D eigenvalue weighted by molar-refractivity contribution is 6.03. The number of aromatic hydroxyl groups is 1. The topological polar surface area (TPSA) is 81.7 Å². The number of phenols is 1. The van der Waals surface area contributed by atoms with E-state index in [4.69, 9.17) is 0 Å². The maximum absolute atomic E-state index is 12.9. The molecule has 130 valence electrons. The molecule has 2 aliphatic heterocycles. The minimum absolute atomic E-state index is 0.0249. The van der Waals surface area contributed by atoms with Crippen molar-refractivity contribution in [2.24, 2.45) is 0 Å². The molecule has 6 heteroatoms. The van der Waals surface area contributed by atoms with E-state index in [1.807, 2.05) is 30.3 Å². The van der Waals surface area contributed by atoms with E-state index in [0.29, 0.717) is 43.4 Å². The van der Waals surface area contributed by atoms with Crippen molar-refractivity contribution in [2.45, 2.75) is 18.4 Å². The first-order valence-corrected chi connectivity index (χ1v) is 8.64. The van der Waals surface area contributed by atoms with Crippen molar-refractivity contribution in [1.82, 2.24) is 15.5 Å². The number of fused-ring (bicyclic) bond motifs is 1. The lowest BCUT2D eigenvalue weighted by Gasteiger charge is -2.43. The lowest BCUT2D eigenvalue weighted by Crippen LogP contribution is -2.66. The van der Waals surface area contributed by atoms with E-state index in [2.05, 4.69) is 10.6 Å². The lowest BCUT2D eigenvalue weighted by molar-refractivity contribution is -0.131. The molecule has 0 unspecified atom stereocenters. The predicted molar refractivity (Wildman–Crippen MR) is 94.5 cm³/mol. The molecule has 2 saturated heterocycles. The van der Waals surface area contributed by atoms with Crippen molar-refractivity contribution < 1.29 is 14.7 Å². The van der Waals surface area contributed by atoms with Gasteiger partial charge in [-0.15, -0.1) is 0 Å². The standard InChI is InChI=1S/C19H21N3O3/c23-16-14-4-2-1-3-13(14)5-6-15(16)17(24)22-11-7-19(8-12-22)18(25)20-9-10-21-19/h1-6,21,23H,7-12H2,(H,20,25). The summed E-state index contributed by atoms with van der Waals surface area (Å²) in [6.45, 7) is 2.39. The molecular formula is C19H21N3O3. The number of carbonyl (C=O) groups is 2. The Morgan fingerprint density at radius 3 is 2.60 bits per heavy atom. The third-order valence-corrected chi connectivity index (χ3v) is 5.34. The summed E-state index contributed by atoms with van der Waals surface area (Å²) in [7, 11) is 0. The van der Waals surface area contributed by atoms with Crippen LogP contribution in [0.1, 0.15) is 23.2 Å². The maximum atomic E-state index is 12.9. The van der Waals surface area contributed by atoms with Gasteiger partial charge in [-0.25, -0.2) is 0 Å². The van der Waals surface area contributed by atoms with Gasteiger partial charge >= 0.3 is 0 Å². The third kappa shape index (κ3) is 2.62. The summed E-state index contributed by atoms with van der Waals surface area (Å²) in [5.41, 5.74) is -0.240. The van der Waals surface area contributed by atoms with Gasteiger partial charge in [-0.1, -0.05) is 30.3 Å². The summed E-state index contributed by atoms with van der Waals surface area (Å²) in [5, 5.41) is 18.3. The van der Waals surface area contributed by atoms with Gasteiger partial charge in [0.2, 0.25) is 5.91 Å². The molecule has 2 aromatic rings. The molecule has 25 heavy (non-hydrogen) atoms. The number of rotatable bonds is 1. The van der Waals surface area contributed by atoms with Gasteiger partial charge in [-0.2, -0.15) is 0 Å². The smallest absolute Gasteiger partial charge is 0.257 e. The maximum Gasteiger partial charge on any atom is 0.257 e. The molecule has 2 aromatic carbocycles. The third-order valence-electron chi connectivity index (χ3n) is 5.34. The van der Waals surface area contributed by atoms with E-state index in [9.17, 15) is 14.7 Å². The monoisotopic (exact) mass is 339 g/mol. The summed E-state index contributed by atoms with van der Waals surface area (Å²) in [4.78, 5) is 26.8. The fourth-order valence-corrected chi connectivity index (χ4v) is 3.82. The number of nitrogens with zero attached hydrogens (tertiary/aromatic N) is 1.